The summed E-state index contributed by atoms with van der Waals surface area (Å²) < 4.78 is 0. The van der Waals surface area contributed by atoms with Crippen molar-refractivity contribution in [3.8, 4) is 0 Å². The number of hydrogen-bond acceptors (Lipinski definition) is 3. The van der Waals surface area contributed by atoms with Crippen molar-refractivity contribution in [1.29, 1.82) is 0 Å². The van der Waals surface area contributed by atoms with Gasteiger partial charge in [0.2, 0.25) is 0 Å². The van der Waals surface area contributed by atoms with Crippen LogP contribution in [0.3, 0.4) is 0 Å². The Balaban J connectivity index is 1.65. The van der Waals surface area contributed by atoms with E-state index in [1.165, 1.54) is 16.9 Å². The zero-order valence-corrected chi connectivity index (χ0v) is 13.0. The standard InChI is InChI=1S/C17H20ClN3/c1-12(20-11-13-4-6-14(18)7-5-13)15-8-9-16-17(21-15)3-2-10-19-16/h4-9,12,19-20H,2-3,10-11H2,1H3. The van der Waals surface area contributed by atoms with Crippen molar-refractivity contribution in [2.24, 2.45) is 0 Å². The Kier molecular flexibility index (Phi) is 4.42. The van der Waals surface area contributed by atoms with Gasteiger partial charge in [0.1, 0.15) is 0 Å². The van der Waals surface area contributed by atoms with Gasteiger partial charge in [0.25, 0.3) is 0 Å². The first-order valence-corrected chi connectivity index (χ1v) is 7.82. The average Bonchev–Trinajstić information content (AvgIpc) is 2.53. The fourth-order valence-corrected chi connectivity index (χ4v) is 2.69. The number of aryl methyl sites for hydroxylation is 1. The summed E-state index contributed by atoms with van der Waals surface area (Å²) in [5, 5.41) is 7.69. The van der Waals surface area contributed by atoms with Crippen molar-refractivity contribution in [3.63, 3.8) is 0 Å². The van der Waals surface area contributed by atoms with Gasteiger partial charge < -0.3 is 10.6 Å². The van der Waals surface area contributed by atoms with Crippen molar-refractivity contribution in [3.05, 3.63) is 58.4 Å². The van der Waals surface area contributed by atoms with E-state index in [1.54, 1.807) is 0 Å². The molecule has 0 fully saturated rings. The monoisotopic (exact) mass is 301 g/mol. The number of anilines is 1. The van der Waals surface area contributed by atoms with Crippen LogP contribution in [0, 0.1) is 0 Å². The smallest absolute Gasteiger partial charge is 0.0639 e. The fraction of sp³-hybridized carbons (Fsp3) is 0.353. The normalized spacial score (nSPS) is 15.1. The quantitative estimate of drug-likeness (QED) is 0.898. The highest BCUT2D eigenvalue weighted by atomic mass is 35.5. The molecule has 1 aromatic heterocycles. The number of nitrogens with zero attached hydrogens (tertiary/aromatic N) is 1. The van der Waals surface area contributed by atoms with Crippen molar-refractivity contribution >= 4 is 17.3 Å². The minimum absolute atomic E-state index is 0.230. The van der Waals surface area contributed by atoms with E-state index in [-0.39, 0.29) is 6.04 Å². The van der Waals surface area contributed by atoms with Crippen molar-refractivity contribution in [2.45, 2.75) is 32.4 Å². The number of halogens is 1. The first-order valence-electron chi connectivity index (χ1n) is 7.44. The molecule has 0 saturated heterocycles. The Morgan fingerprint density at radius 3 is 2.86 bits per heavy atom. The van der Waals surface area contributed by atoms with Crippen LogP contribution in [0.2, 0.25) is 5.02 Å². The summed E-state index contributed by atoms with van der Waals surface area (Å²) in [5.41, 5.74) is 4.71. The molecule has 110 valence electrons. The molecule has 0 amide bonds. The summed E-state index contributed by atoms with van der Waals surface area (Å²) >= 11 is 5.90. The molecule has 2 N–H and O–H groups in total. The lowest BCUT2D eigenvalue weighted by Gasteiger charge is -2.20. The molecule has 1 unspecified atom stereocenters. The minimum Gasteiger partial charge on any atom is -0.384 e. The van der Waals surface area contributed by atoms with Gasteiger partial charge in [-0.05, 0) is 49.6 Å². The highest BCUT2D eigenvalue weighted by molar-refractivity contribution is 6.30. The Hall–Kier alpha value is -1.58. The number of rotatable bonds is 4. The van der Waals surface area contributed by atoms with E-state index in [4.69, 9.17) is 16.6 Å². The number of fused-ring (bicyclic) bond motifs is 1. The van der Waals surface area contributed by atoms with Crippen LogP contribution in [0.4, 0.5) is 5.69 Å². The lowest BCUT2D eigenvalue weighted by atomic mass is 10.1. The maximum Gasteiger partial charge on any atom is 0.0639 e. The minimum atomic E-state index is 0.230. The van der Waals surface area contributed by atoms with Gasteiger partial charge in [-0.1, -0.05) is 23.7 Å². The first-order chi connectivity index (χ1) is 10.2. The van der Waals surface area contributed by atoms with Gasteiger partial charge in [-0.25, -0.2) is 0 Å². The molecule has 1 aliphatic rings. The number of hydrogen-bond donors (Lipinski definition) is 2. The lowest BCUT2D eigenvalue weighted by molar-refractivity contribution is 0.558. The number of benzene rings is 1. The molecule has 0 saturated carbocycles. The highest BCUT2D eigenvalue weighted by Gasteiger charge is 2.13. The fourth-order valence-electron chi connectivity index (χ4n) is 2.57. The summed E-state index contributed by atoms with van der Waals surface area (Å²) in [6.45, 7) is 4.02. The molecule has 3 nitrogen and oxygen atoms in total. The molecule has 0 aliphatic carbocycles. The van der Waals surface area contributed by atoms with Crippen LogP contribution >= 0.6 is 11.6 Å². The molecule has 2 aromatic rings. The predicted octanol–water partition coefficient (Wildman–Crippen LogP) is 3.94. The van der Waals surface area contributed by atoms with Gasteiger partial charge in [-0.15, -0.1) is 0 Å². The second-order valence-corrected chi connectivity index (χ2v) is 5.93. The van der Waals surface area contributed by atoms with E-state index in [9.17, 15) is 0 Å². The van der Waals surface area contributed by atoms with Gasteiger partial charge in [0.05, 0.1) is 17.1 Å². The molecule has 1 aromatic carbocycles. The van der Waals surface area contributed by atoms with Crippen molar-refractivity contribution < 1.29 is 0 Å². The molecular formula is C17H20ClN3. The molecule has 0 spiro atoms. The molecule has 0 bridgehead atoms. The van der Waals surface area contributed by atoms with Crippen LogP contribution in [0.25, 0.3) is 0 Å². The molecule has 1 aliphatic heterocycles. The van der Waals surface area contributed by atoms with E-state index in [0.717, 1.165) is 36.6 Å². The molecule has 21 heavy (non-hydrogen) atoms. The van der Waals surface area contributed by atoms with E-state index in [2.05, 4.69) is 29.7 Å². The second-order valence-electron chi connectivity index (χ2n) is 5.49. The SMILES string of the molecule is CC(NCc1ccc(Cl)cc1)c1ccc2c(n1)CCCN2. The summed E-state index contributed by atoms with van der Waals surface area (Å²) in [4.78, 5) is 4.79. The zero-order chi connectivity index (χ0) is 14.7. The third kappa shape index (κ3) is 3.55. The molecule has 1 atom stereocenters. The second kappa shape index (κ2) is 6.46. The van der Waals surface area contributed by atoms with Crippen LogP contribution in [-0.4, -0.2) is 11.5 Å². The van der Waals surface area contributed by atoms with E-state index >= 15 is 0 Å². The summed E-state index contributed by atoms with van der Waals surface area (Å²) in [5.74, 6) is 0. The molecule has 2 heterocycles. The van der Waals surface area contributed by atoms with E-state index < -0.39 is 0 Å². The van der Waals surface area contributed by atoms with Crippen molar-refractivity contribution in [2.75, 3.05) is 11.9 Å². The molecule has 3 rings (SSSR count). The van der Waals surface area contributed by atoms with Gasteiger partial charge in [-0.2, -0.15) is 0 Å². The topological polar surface area (TPSA) is 37.0 Å². The third-order valence-electron chi connectivity index (χ3n) is 3.87. The Labute approximate surface area is 130 Å². The Bertz CT molecular complexity index is 610. The van der Waals surface area contributed by atoms with Gasteiger partial charge in [-0.3, -0.25) is 4.98 Å². The summed E-state index contributed by atoms with van der Waals surface area (Å²) in [6, 6.07) is 12.4. The molecular weight excluding hydrogens is 282 g/mol. The van der Waals surface area contributed by atoms with Crippen LogP contribution in [-0.2, 0) is 13.0 Å². The van der Waals surface area contributed by atoms with Crippen molar-refractivity contribution in [1.82, 2.24) is 10.3 Å². The van der Waals surface area contributed by atoms with Crippen LogP contribution in [0.15, 0.2) is 36.4 Å². The van der Waals surface area contributed by atoms with Crippen LogP contribution in [0.1, 0.15) is 36.3 Å². The zero-order valence-electron chi connectivity index (χ0n) is 12.2. The lowest BCUT2D eigenvalue weighted by Crippen LogP contribution is -2.21. The van der Waals surface area contributed by atoms with Crippen LogP contribution in [0.5, 0.6) is 0 Å². The Morgan fingerprint density at radius 1 is 1.24 bits per heavy atom. The van der Waals surface area contributed by atoms with Gasteiger partial charge in [0, 0.05) is 24.2 Å². The maximum absolute atomic E-state index is 5.90. The highest BCUT2D eigenvalue weighted by Crippen LogP contribution is 2.22. The first kappa shape index (κ1) is 14.4. The van der Waals surface area contributed by atoms with Gasteiger partial charge in [0.15, 0.2) is 0 Å². The number of pyridine rings is 1. The predicted molar refractivity (Wildman–Crippen MR) is 87.8 cm³/mol. The third-order valence-corrected chi connectivity index (χ3v) is 4.12. The largest absolute Gasteiger partial charge is 0.384 e. The number of aromatic nitrogens is 1. The maximum atomic E-state index is 5.90. The summed E-state index contributed by atoms with van der Waals surface area (Å²) in [6.07, 6.45) is 2.23. The average molecular weight is 302 g/mol. The Morgan fingerprint density at radius 2 is 2.05 bits per heavy atom. The molecule has 0 radical (unpaired) electrons. The van der Waals surface area contributed by atoms with Gasteiger partial charge >= 0.3 is 0 Å². The van der Waals surface area contributed by atoms with E-state index in [1.807, 2.05) is 24.3 Å². The van der Waals surface area contributed by atoms with E-state index in [0.29, 0.717) is 0 Å². The van der Waals surface area contributed by atoms with Crippen LogP contribution < -0.4 is 10.6 Å². The molecule has 4 heteroatoms. The summed E-state index contributed by atoms with van der Waals surface area (Å²) in [7, 11) is 0. The number of nitrogens with one attached hydrogen (secondary N) is 2.